The third kappa shape index (κ3) is 3.05. The summed E-state index contributed by atoms with van der Waals surface area (Å²) in [4.78, 5) is 4.28. The zero-order valence-corrected chi connectivity index (χ0v) is 10.7. The first-order valence-electron chi connectivity index (χ1n) is 5.42. The second-order valence-electron chi connectivity index (χ2n) is 3.86. The molecule has 1 N–H and O–H groups in total. The predicted molar refractivity (Wildman–Crippen MR) is 68.5 cm³/mol. The van der Waals surface area contributed by atoms with Gasteiger partial charge in [-0.2, -0.15) is 0 Å². The highest BCUT2D eigenvalue weighted by atomic mass is 32.1. The number of aliphatic hydroxyl groups is 1. The Balaban J connectivity index is 2.04. The van der Waals surface area contributed by atoms with Crippen LogP contribution in [-0.4, -0.2) is 17.2 Å². The summed E-state index contributed by atoms with van der Waals surface area (Å²) in [5.41, 5.74) is 1.83. The Morgan fingerprint density at radius 3 is 2.59 bits per heavy atom. The summed E-state index contributed by atoms with van der Waals surface area (Å²) in [5, 5.41) is 12.9. The summed E-state index contributed by atoms with van der Waals surface area (Å²) in [7, 11) is 1.64. The van der Waals surface area contributed by atoms with Gasteiger partial charge >= 0.3 is 0 Å². The van der Waals surface area contributed by atoms with Crippen molar-refractivity contribution in [1.29, 1.82) is 0 Å². The second kappa shape index (κ2) is 5.29. The Morgan fingerprint density at radius 1 is 1.35 bits per heavy atom. The lowest BCUT2D eigenvalue weighted by molar-refractivity contribution is 0.174. The Labute approximate surface area is 105 Å². The van der Waals surface area contributed by atoms with Crippen LogP contribution in [0.2, 0.25) is 0 Å². The standard InChI is InChI=1S/C13H15NO2S/c1-9-14-12(8-17-9)13(15)7-10-3-5-11(16-2)6-4-10/h3-6,8,13,15H,7H2,1-2H3. The molecule has 1 atom stereocenters. The minimum atomic E-state index is -0.534. The molecule has 0 aliphatic carbocycles. The fraction of sp³-hybridized carbons (Fsp3) is 0.308. The minimum Gasteiger partial charge on any atom is -0.497 e. The summed E-state index contributed by atoms with van der Waals surface area (Å²) in [5.74, 6) is 0.827. The van der Waals surface area contributed by atoms with Gasteiger partial charge in [-0.25, -0.2) is 4.98 Å². The molecule has 1 unspecified atom stereocenters. The highest BCUT2D eigenvalue weighted by molar-refractivity contribution is 7.09. The highest BCUT2D eigenvalue weighted by Gasteiger charge is 2.11. The largest absolute Gasteiger partial charge is 0.497 e. The number of aryl methyl sites for hydroxylation is 1. The molecular weight excluding hydrogens is 234 g/mol. The molecule has 1 aromatic heterocycles. The number of aliphatic hydroxyl groups excluding tert-OH is 1. The van der Waals surface area contributed by atoms with Gasteiger partial charge in [-0.05, 0) is 24.6 Å². The lowest BCUT2D eigenvalue weighted by Crippen LogP contribution is -2.02. The summed E-state index contributed by atoms with van der Waals surface area (Å²) in [6.45, 7) is 1.94. The summed E-state index contributed by atoms with van der Waals surface area (Å²) >= 11 is 1.56. The number of methoxy groups -OCH3 is 1. The number of aromatic nitrogens is 1. The van der Waals surface area contributed by atoms with E-state index in [1.54, 1.807) is 18.4 Å². The normalized spacial score (nSPS) is 12.4. The minimum absolute atomic E-state index is 0.534. The quantitative estimate of drug-likeness (QED) is 0.906. The van der Waals surface area contributed by atoms with E-state index in [-0.39, 0.29) is 0 Å². The van der Waals surface area contributed by atoms with E-state index in [2.05, 4.69) is 4.98 Å². The van der Waals surface area contributed by atoms with E-state index in [1.807, 2.05) is 36.6 Å². The van der Waals surface area contributed by atoms with Crippen molar-refractivity contribution in [3.63, 3.8) is 0 Å². The maximum Gasteiger partial charge on any atom is 0.118 e. The smallest absolute Gasteiger partial charge is 0.118 e. The third-order valence-corrected chi connectivity index (χ3v) is 3.36. The molecule has 0 spiro atoms. The number of ether oxygens (including phenoxy) is 1. The molecule has 0 aliphatic rings. The van der Waals surface area contributed by atoms with E-state index in [4.69, 9.17) is 4.74 Å². The molecule has 0 aliphatic heterocycles. The third-order valence-electron chi connectivity index (χ3n) is 2.57. The topological polar surface area (TPSA) is 42.4 Å². The number of thiazole rings is 1. The van der Waals surface area contributed by atoms with Crippen LogP contribution < -0.4 is 4.74 Å². The maximum atomic E-state index is 10.0. The van der Waals surface area contributed by atoms with Crippen LogP contribution in [0.15, 0.2) is 29.6 Å². The van der Waals surface area contributed by atoms with Crippen molar-refractivity contribution in [3.8, 4) is 5.75 Å². The van der Waals surface area contributed by atoms with E-state index in [0.717, 1.165) is 22.0 Å². The van der Waals surface area contributed by atoms with Crippen LogP contribution in [0.5, 0.6) is 5.75 Å². The lowest BCUT2D eigenvalue weighted by Gasteiger charge is -2.08. The average molecular weight is 249 g/mol. The van der Waals surface area contributed by atoms with Crippen molar-refractivity contribution in [2.24, 2.45) is 0 Å². The van der Waals surface area contributed by atoms with Crippen LogP contribution in [0.4, 0.5) is 0 Å². The van der Waals surface area contributed by atoms with Crippen molar-refractivity contribution in [3.05, 3.63) is 45.9 Å². The number of hydrogen-bond donors (Lipinski definition) is 1. The summed E-state index contributed by atoms with van der Waals surface area (Å²) in [6, 6.07) is 7.71. The number of hydrogen-bond acceptors (Lipinski definition) is 4. The van der Waals surface area contributed by atoms with Crippen molar-refractivity contribution in [1.82, 2.24) is 4.98 Å². The van der Waals surface area contributed by atoms with E-state index in [9.17, 15) is 5.11 Å². The fourth-order valence-electron chi connectivity index (χ4n) is 1.62. The first kappa shape index (κ1) is 12.1. The monoisotopic (exact) mass is 249 g/mol. The lowest BCUT2D eigenvalue weighted by atomic mass is 10.1. The van der Waals surface area contributed by atoms with E-state index >= 15 is 0 Å². The fourth-order valence-corrected chi connectivity index (χ4v) is 2.28. The first-order valence-corrected chi connectivity index (χ1v) is 6.30. The van der Waals surface area contributed by atoms with Gasteiger partial charge in [-0.3, -0.25) is 0 Å². The SMILES string of the molecule is COc1ccc(CC(O)c2csc(C)n2)cc1. The van der Waals surface area contributed by atoms with Crippen molar-refractivity contribution < 1.29 is 9.84 Å². The molecule has 1 heterocycles. The number of nitrogens with zero attached hydrogens (tertiary/aromatic N) is 1. The van der Waals surface area contributed by atoms with Gasteiger partial charge in [0.2, 0.25) is 0 Å². The predicted octanol–water partition coefficient (Wildman–Crippen LogP) is 2.74. The van der Waals surface area contributed by atoms with Crippen LogP contribution in [0.1, 0.15) is 22.4 Å². The Hall–Kier alpha value is -1.39. The summed E-state index contributed by atoms with van der Waals surface area (Å²) in [6.07, 6.45) is 0.0426. The number of benzene rings is 1. The van der Waals surface area contributed by atoms with Gasteiger partial charge < -0.3 is 9.84 Å². The first-order chi connectivity index (χ1) is 8.19. The average Bonchev–Trinajstić information content (AvgIpc) is 2.77. The molecule has 0 fully saturated rings. The van der Waals surface area contributed by atoms with Gasteiger partial charge in [0.25, 0.3) is 0 Å². The van der Waals surface area contributed by atoms with Gasteiger partial charge in [0.05, 0.1) is 17.8 Å². The molecule has 90 valence electrons. The molecular formula is C13H15NO2S. The number of rotatable bonds is 4. The zero-order valence-electron chi connectivity index (χ0n) is 9.88. The maximum absolute atomic E-state index is 10.0. The van der Waals surface area contributed by atoms with Crippen molar-refractivity contribution >= 4 is 11.3 Å². The summed E-state index contributed by atoms with van der Waals surface area (Å²) < 4.78 is 5.09. The van der Waals surface area contributed by atoms with Crippen LogP contribution >= 0.6 is 11.3 Å². The van der Waals surface area contributed by atoms with E-state index < -0.39 is 6.10 Å². The Morgan fingerprint density at radius 2 is 2.06 bits per heavy atom. The molecule has 17 heavy (non-hydrogen) atoms. The molecule has 3 nitrogen and oxygen atoms in total. The van der Waals surface area contributed by atoms with Crippen LogP contribution in [0.25, 0.3) is 0 Å². The van der Waals surface area contributed by atoms with Gasteiger partial charge in [0, 0.05) is 11.8 Å². The van der Waals surface area contributed by atoms with Crippen molar-refractivity contribution in [2.75, 3.05) is 7.11 Å². The molecule has 2 rings (SSSR count). The van der Waals surface area contributed by atoms with Gasteiger partial charge in [0.1, 0.15) is 11.9 Å². The van der Waals surface area contributed by atoms with Crippen LogP contribution in [0, 0.1) is 6.92 Å². The molecule has 0 saturated heterocycles. The molecule has 0 radical (unpaired) electrons. The van der Waals surface area contributed by atoms with Gasteiger partial charge in [-0.1, -0.05) is 12.1 Å². The second-order valence-corrected chi connectivity index (χ2v) is 4.92. The molecule has 2 aromatic rings. The van der Waals surface area contributed by atoms with E-state index in [0.29, 0.717) is 6.42 Å². The van der Waals surface area contributed by atoms with Gasteiger partial charge in [0.15, 0.2) is 0 Å². The molecule has 4 heteroatoms. The highest BCUT2D eigenvalue weighted by Crippen LogP contribution is 2.21. The molecule has 0 bridgehead atoms. The molecule has 1 aromatic carbocycles. The molecule has 0 amide bonds. The van der Waals surface area contributed by atoms with E-state index in [1.165, 1.54) is 0 Å². The van der Waals surface area contributed by atoms with Crippen molar-refractivity contribution in [2.45, 2.75) is 19.4 Å². The van der Waals surface area contributed by atoms with Crippen LogP contribution in [0.3, 0.4) is 0 Å². The molecule has 0 saturated carbocycles. The Kier molecular flexibility index (Phi) is 3.76. The Bertz CT molecular complexity index is 478. The van der Waals surface area contributed by atoms with Crippen LogP contribution in [-0.2, 0) is 6.42 Å². The van der Waals surface area contributed by atoms with Gasteiger partial charge in [-0.15, -0.1) is 11.3 Å². The zero-order chi connectivity index (χ0) is 12.3.